The van der Waals surface area contributed by atoms with E-state index in [2.05, 4.69) is 5.32 Å². The average Bonchev–Trinajstić information content (AvgIpc) is 2.64. The third-order valence-electron chi connectivity index (χ3n) is 4.61. The molecule has 0 saturated heterocycles. The Balaban J connectivity index is 2.06. The summed E-state index contributed by atoms with van der Waals surface area (Å²) in [7, 11) is -3.68. The summed E-state index contributed by atoms with van der Waals surface area (Å²) in [4.78, 5) is 12.6. The number of carbonyl (C=O) groups is 1. The minimum atomic E-state index is -4.29. The molecule has 0 spiro atoms. The van der Waals surface area contributed by atoms with Gasteiger partial charge in [-0.15, -0.1) is 11.8 Å². The minimum Gasteiger partial charge on any atom is -0.343 e. The second-order valence-corrected chi connectivity index (χ2v) is 9.77. The van der Waals surface area contributed by atoms with E-state index in [-0.39, 0.29) is 29.0 Å². The van der Waals surface area contributed by atoms with Crippen molar-refractivity contribution in [3.05, 3.63) is 24.3 Å². The van der Waals surface area contributed by atoms with Gasteiger partial charge in [0.1, 0.15) is 6.54 Å². The van der Waals surface area contributed by atoms with E-state index in [1.807, 2.05) is 6.07 Å². The van der Waals surface area contributed by atoms with Gasteiger partial charge in [0.2, 0.25) is 5.91 Å². The van der Waals surface area contributed by atoms with Crippen LogP contribution >= 0.6 is 11.8 Å². The summed E-state index contributed by atoms with van der Waals surface area (Å²) in [5.74, 6) is -2.36. The highest BCUT2D eigenvalue weighted by Gasteiger charge is 2.34. The Hall–Kier alpha value is -1.73. The zero-order valence-corrected chi connectivity index (χ0v) is 16.7. The first kappa shape index (κ1) is 22.6. The molecule has 0 bridgehead atoms. The molecule has 1 saturated carbocycles. The van der Waals surface area contributed by atoms with Gasteiger partial charge >= 0.3 is 6.18 Å². The Morgan fingerprint density at radius 2 is 1.86 bits per heavy atom. The molecule has 1 amide bonds. The molecular formula is C18H21F3N2O3S2. The third kappa shape index (κ3) is 6.71. The topological polar surface area (TPSA) is 87.0 Å². The number of nitriles is 1. The molecule has 1 aromatic carbocycles. The van der Waals surface area contributed by atoms with Crippen molar-refractivity contribution in [3.8, 4) is 6.07 Å². The molecule has 0 radical (unpaired) electrons. The normalized spacial score (nSPS) is 20.4. The van der Waals surface area contributed by atoms with Gasteiger partial charge in [0, 0.05) is 10.8 Å². The summed E-state index contributed by atoms with van der Waals surface area (Å²) in [5.41, 5.74) is 0. The Morgan fingerprint density at radius 3 is 2.46 bits per heavy atom. The number of alkyl halides is 3. The number of carbonyl (C=O) groups excluding carboxylic acids is 1. The lowest BCUT2D eigenvalue weighted by Crippen LogP contribution is -2.39. The molecule has 0 aromatic heterocycles. The summed E-state index contributed by atoms with van der Waals surface area (Å²) in [5, 5.41) is 11.1. The third-order valence-corrected chi connectivity index (χ3v) is 7.54. The van der Waals surface area contributed by atoms with E-state index in [4.69, 9.17) is 5.26 Å². The van der Waals surface area contributed by atoms with E-state index in [0.717, 1.165) is 12.8 Å². The van der Waals surface area contributed by atoms with Crippen LogP contribution < -0.4 is 5.32 Å². The van der Waals surface area contributed by atoms with Gasteiger partial charge in [-0.1, -0.05) is 12.8 Å². The zero-order chi connectivity index (χ0) is 20.8. The maximum absolute atomic E-state index is 12.7. The highest BCUT2D eigenvalue weighted by molar-refractivity contribution is 7.99. The number of rotatable bonds is 7. The number of amides is 1. The highest BCUT2D eigenvalue weighted by Crippen LogP contribution is 2.33. The number of nitrogens with zero attached hydrogens (tertiary/aromatic N) is 1. The van der Waals surface area contributed by atoms with Gasteiger partial charge < -0.3 is 5.32 Å². The SMILES string of the molecule is N#CCNC(=O)[C@@H]1CCCC[C@H]1CS(=O)(=O)c1ccc(SCC(F)(F)F)cc1. The van der Waals surface area contributed by atoms with Crippen molar-refractivity contribution < 1.29 is 26.4 Å². The van der Waals surface area contributed by atoms with Crippen molar-refractivity contribution in [1.82, 2.24) is 5.32 Å². The van der Waals surface area contributed by atoms with Crippen molar-refractivity contribution in [1.29, 1.82) is 5.26 Å². The Labute approximate surface area is 166 Å². The monoisotopic (exact) mass is 434 g/mol. The van der Waals surface area contributed by atoms with Crippen LogP contribution in [0, 0.1) is 23.2 Å². The van der Waals surface area contributed by atoms with Gasteiger partial charge in [-0.05, 0) is 43.0 Å². The van der Waals surface area contributed by atoms with E-state index in [1.165, 1.54) is 24.3 Å². The predicted octanol–water partition coefficient (Wildman–Crippen LogP) is 3.56. The largest absolute Gasteiger partial charge is 0.398 e. The van der Waals surface area contributed by atoms with Crippen LogP contribution in [-0.2, 0) is 14.6 Å². The number of hydrogen-bond donors (Lipinski definition) is 1. The Kier molecular flexibility index (Phi) is 7.78. The molecule has 2 rings (SSSR count). The lowest BCUT2D eigenvalue weighted by atomic mass is 9.80. The number of sulfone groups is 1. The highest BCUT2D eigenvalue weighted by atomic mass is 32.2. The molecule has 28 heavy (non-hydrogen) atoms. The van der Waals surface area contributed by atoms with Crippen LogP contribution in [0.2, 0.25) is 0 Å². The molecule has 0 heterocycles. The number of thioether (sulfide) groups is 1. The Morgan fingerprint density at radius 1 is 1.21 bits per heavy atom. The number of benzene rings is 1. The summed E-state index contributed by atoms with van der Waals surface area (Å²) in [6.45, 7) is -0.119. The molecule has 1 aliphatic rings. The maximum atomic E-state index is 12.7. The van der Waals surface area contributed by atoms with Gasteiger partial charge in [-0.3, -0.25) is 4.79 Å². The molecule has 10 heteroatoms. The maximum Gasteiger partial charge on any atom is 0.398 e. The lowest BCUT2D eigenvalue weighted by Gasteiger charge is -2.30. The van der Waals surface area contributed by atoms with E-state index in [9.17, 15) is 26.4 Å². The standard InChI is InChI=1S/C18H21F3N2O3S2/c19-18(20,21)12-27-14-5-7-15(8-6-14)28(25,26)11-13-3-1-2-4-16(13)17(24)23-10-9-22/h5-8,13,16H,1-4,10-12H2,(H,23,24)/t13-,16+/m0/s1. The van der Waals surface area contributed by atoms with Gasteiger partial charge in [0.15, 0.2) is 9.84 Å². The molecule has 0 unspecified atom stereocenters. The molecule has 5 nitrogen and oxygen atoms in total. The zero-order valence-electron chi connectivity index (χ0n) is 15.0. The molecule has 2 atom stereocenters. The molecule has 1 aromatic rings. The van der Waals surface area contributed by atoms with Gasteiger partial charge in [-0.25, -0.2) is 8.42 Å². The summed E-state index contributed by atoms with van der Waals surface area (Å²) in [6, 6.07) is 7.17. The molecule has 0 aliphatic heterocycles. The smallest absolute Gasteiger partial charge is 0.343 e. The molecule has 154 valence electrons. The first-order valence-corrected chi connectivity index (χ1v) is 11.4. The lowest BCUT2D eigenvalue weighted by molar-refractivity contribution is -0.127. The van der Waals surface area contributed by atoms with Crippen molar-refractivity contribution in [2.45, 2.75) is 41.7 Å². The van der Waals surface area contributed by atoms with Crippen LogP contribution in [0.3, 0.4) is 0 Å². The fraction of sp³-hybridized carbons (Fsp3) is 0.556. The minimum absolute atomic E-state index is 0.0330. The summed E-state index contributed by atoms with van der Waals surface area (Å²) >= 11 is 0.595. The molecule has 1 fully saturated rings. The van der Waals surface area contributed by atoms with Gasteiger partial charge in [0.05, 0.1) is 22.5 Å². The molecule has 1 aliphatic carbocycles. The van der Waals surface area contributed by atoms with Crippen molar-refractivity contribution >= 4 is 27.5 Å². The second kappa shape index (κ2) is 9.65. The van der Waals surface area contributed by atoms with Crippen LogP contribution in [-0.4, -0.2) is 38.6 Å². The quantitative estimate of drug-likeness (QED) is 0.524. The fourth-order valence-corrected chi connectivity index (χ4v) is 5.66. The summed E-state index contributed by atoms with van der Waals surface area (Å²) in [6.07, 6.45) is -1.47. The van der Waals surface area contributed by atoms with Crippen LogP contribution in [0.1, 0.15) is 25.7 Å². The predicted molar refractivity (Wildman–Crippen MR) is 99.3 cm³/mol. The number of halogens is 3. The van der Waals surface area contributed by atoms with Crippen LogP contribution in [0.25, 0.3) is 0 Å². The van der Waals surface area contributed by atoms with Crippen LogP contribution in [0.4, 0.5) is 13.2 Å². The van der Waals surface area contributed by atoms with E-state index >= 15 is 0 Å². The first-order chi connectivity index (χ1) is 13.1. The van der Waals surface area contributed by atoms with Crippen molar-refractivity contribution in [3.63, 3.8) is 0 Å². The van der Waals surface area contributed by atoms with Crippen LogP contribution in [0.5, 0.6) is 0 Å². The average molecular weight is 435 g/mol. The first-order valence-electron chi connectivity index (χ1n) is 8.79. The summed E-state index contributed by atoms with van der Waals surface area (Å²) < 4.78 is 62.3. The van der Waals surface area contributed by atoms with Crippen molar-refractivity contribution in [2.24, 2.45) is 11.8 Å². The fourth-order valence-electron chi connectivity index (χ4n) is 3.30. The number of hydrogen-bond acceptors (Lipinski definition) is 5. The molecule has 1 N–H and O–H groups in total. The second-order valence-electron chi connectivity index (χ2n) is 6.68. The van der Waals surface area contributed by atoms with E-state index < -0.39 is 27.7 Å². The van der Waals surface area contributed by atoms with E-state index in [0.29, 0.717) is 29.5 Å². The van der Waals surface area contributed by atoms with Crippen molar-refractivity contribution in [2.75, 3.05) is 18.1 Å². The molecular weight excluding hydrogens is 413 g/mol. The van der Waals surface area contributed by atoms with E-state index in [1.54, 1.807) is 0 Å². The Bertz CT molecular complexity index is 818. The number of nitrogens with one attached hydrogen (secondary N) is 1. The van der Waals surface area contributed by atoms with Gasteiger partial charge in [-0.2, -0.15) is 18.4 Å². The van der Waals surface area contributed by atoms with Gasteiger partial charge in [0.25, 0.3) is 0 Å². The van der Waals surface area contributed by atoms with Crippen LogP contribution in [0.15, 0.2) is 34.1 Å².